The summed E-state index contributed by atoms with van der Waals surface area (Å²) < 4.78 is 4.66. The van der Waals surface area contributed by atoms with Gasteiger partial charge in [0.25, 0.3) is 0 Å². The number of nitrogens with zero attached hydrogens (tertiary/aromatic N) is 1. The SMILES string of the molecule is N#CCOC(=O)[C@H](Cc1ccccc1)NNC(=O)O. The molecule has 0 aliphatic heterocycles. The van der Waals surface area contributed by atoms with Crippen molar-refractivity contribution in [2.45, 2.75) is 12.5 Å². The average molecular weight is 263 g/mol. The van der Waals surface area contributed by atoms with Gasteiger partial charge in [0.2, 0.25) is 0 Å². The predicted molar refractivity (Wildman–Crippen MR) is 64.8 cm³/mol. The molecular formula is C12H13N3O4. The van der Waals surface area contributed by atoms with Crippen molar-refractivity contribution in [2.24, 2.45) is 0 Å². The van der Waals surface area contributed by atoms with E-state index in [0.29, 0.717) is 0 Å². The molecule has 0 aromatic heterocycles. The highest BCUT2D eigenvalue weighted by atomic mass is 16.5. The molecule has 1 aromatic carbocycles. The summed E-state index contributed by atoms with van der Waals surface area (Å²) in [5.41, 5.74) is 5.08. The van der Waals surface area contributed by atoms with Gasteiger partial charge in [-0.15, -0.1) is 0 Å². The van der Waals surface area contributed by atoms with Crippen LogP contribution in [0.3, 0.4) is 0 Å². The largest absolute Gasteiger partial charge is 0.464 e. The van der Waals surface area contributed by atoms with Crippen LogP contribution in [0.25, 0.3) is 0 Å². The maximum Gasteiger partial charge on any atom is 0.419 e. The fraction of sp³-hybridized carbons (Fsp3) is 0.250. The van der Waals surface area contributed by atoms with Crippen LogP contribution in [-0.2, 0) is 16.0 Å². The monoisotopic (exact) mass is 263 g/mol. The summed E-state index contributed by atoms with van der Waals surface area (Å²) >= 11 is 0. The number of nitriles is 1. The molecule has 0 bridgehead atoms. The van der Waals surface area contributed by atoms with Gasteiger partial charge in [0.05, 0.1) is 0 Å². The number of hydrogen-bond acceptors (Lipinski definition) is 5. The highest BCUT2D eigenvalue weighted by Gasteiger charge is 2.20. The summed E-state index contributed by atoms with van der Waals surface area (Å²) in [7, 11) is 0. The third-order valence-electron chi connectivity index (χ3n) is 2.20. The van der Waals surface area contributed by atoms with Gasteiger partial charge in [-0.1, -0.05) is 30.3 Å². The predicted octanol–water partition coefficient (Wildman–Crippen LogP) is 0.437. The Kier molecular flexibility index (Phi) is 5.85. The lowest BCUT2D eigenvalue weighted by Gasteiger charge is -2.16. The summed E-state index contributed by atoms with van der Waals surface area (Å²) in [4.78, 5) is 22.1. The molecule has 0 spiro atoms. The number of rotatable bonds is 6. The van der Waals surface area contributed by atoms with Gasteiger partial charge in [-0.25, -0.2) is 10.2 Å². The number of amides is 1. The number of hydrazine groups is 1. The Morgan fingerprint density at radius 2 is 2.05 bits per heavy atom. The van der Waals surface area contributed by atoms with Gasteiger partial charge in [-0.3, -0.25) is 10.2 Å². The number of carbonyl (C=O) groups is 2. The smallest absolute Gasteiger partial charge is 0.419 e. The van der Waals surface area contributed by atoms with Crippen molar-refractivity contribution < 1.29 is 19.4 Å². The Hall–Kier alpha value is -2.59. The Balaban J connectivity index is 2.66. The minimum Gasteiger partial charge on any atom is -0.464 e. The minimum atomic E-state index is -1.31. The highest BCUT2D eigenvalue weighted by Crippen LogP contribution is 2.04. The van der Waals surface area contributed by atoms with Gasteiger partial charge >= 0.3 is 12.1 Å². The molecule has 19 heavy (non-hydrogen) atoms. The van der Waals surface area contributed by atoms with Crippen LogP contribution in [0.2, 0.25) is 0 Å². The number of esters is 1. The first-order chi connectivity index (χ1) is 9.13. The topological polar surface area (TPSA) is 111 Å². The molecule has 100 valence electrons. The van der Waals surface area contributed by atoms with E-state index < -0.39 is 18.1 Å². The summed E-state index contributed by atoms with van der Waals surface area (Å²) in [5.74, 6) is -0.695. The fourth-order valence-corrected chi connectivity index (χ4v) is 1.40. The van der Waals surface area contributed by atoms with Crippen LogP contribution in [-0.4, -0.2) is 29.8 Å². The lowest BCUT2D eigenvalue weighted by Crippen LogP contribution is -2.49. The zero-order valence-corrected chi connectivity index (χ0v) is 10.00. The van der Waals surface area contributed by atoms with Gasteiger partial charge in [0.1, 0.15) is 12.1 Å². The van der Waals surface area contributed by atoms with E-state index in [0.717, 1.165) is 5.56 Å². The zero-order chi connectivity index (χ0) is 14.1. The second kappa shape index (κ2) is 7.68. The maximum absolute atomic E-state index is 11.7. The van der Waals surface area contributed by atoms with E-state index >= 15 is 0 Å². The van der Waals surface area contributed by atoms with E-state index in [-0.39, 0.29) is 13.0 Å². The fourth-order valence-electron chi connectivity index (χ4n) is 1.40. The summed E-state index contributed by atoms with van der Waals surface area (Å²) in [6.07, 6.45) is -1.07. The van der Waals surface area contributed by atoms with E-state index in [1.165, 1.54) is 0 Å². The first-order valence-electron chi connectivity index (χ1n) is 5.45. The molecule has 7 nitrogen and oxygen atoms in total. The average Bonchev–Trinajstić information content (AvgIpc) is 2.41. The van der Waals surface area contributed by atoms with E-state index in [2.05, 4.69) is 10.2 Å². The van der Waals surface area contributed by atoms with Crippen molar-refractivity contribution in [3.63, 3.8) is 0 Å². The molecule has 0 aliphatic rings. The molecule has 7 heteroatoms. The number of ether oxygens (including phenoxy) is 1. The minimum absolute atomic E-state index is 0.241. The number of carboxylic acid groups (broad SMARTS) is 1. The number of benzene rings is 1. The van der Waals surface area contributed by atoms with Crippen LogP contribution < -0.4 is 10.9 Å². The van der Waals surface area contributed by atoms with Crippen molar-refractivity contribution in [1.29, 1.82) is 5.26 Å². The number of nitrogens with one attached hydrogen (secondary N) is 2. The van der Waals surface area contributed by atoms with Crippen LogP contribution in [0.4, 0.5) is 4.79 Å². The van der Waals surface area contributed by atoms with Crippen LogP contribution in [0.15, 0.2) is 30.3 Å². The van der Waals surface area contributed by atoms with E-state index in [4.69, 9.17) is 10.4 Å². The molecule has 0 saturated carbocycles. The second-order valence-corrected chi connectivity index (χ2v) is 3.58. The van der Waals surface area contributed by atoms with Crippen LogP contribution >= 0.6 is 0 Å². The van der Waals surface area contributed by atoms with Gasteiger partial charge < -0.3 is 9.84 Å². The van der Waals surface area contributed by atoms with Crippen LogP contribution in [0.1, 0.15) is 5.56 Å². The number of hydrogen-bond donors (Lipinski definition) is 3. The summed E-state index contributed by atoms with van der Waals surface area (Å²) in [5, 5.41) is 16.9. The van der Waals surface area contributed by atoms with E-state index in [1.807, 2.05) is 11.5 Å². The lowest BCUT2D eigenvalue weighted by atomic mass is 10.1. The molecule has 1 amide bonds. The highest BCUT2D eigenvalue weighted by molar-refractivity contribution is 5.77. The van der Waals surface area contributed by atoms with Crippen molar-refractivity contribution in [1.82, 2.24) is 10.9 Å². The van der Waals surface area contributed by atoms with Crippen molar-refractivity contribution in [3.8, 4) is 6.07 Å². The number of carbonyl (C=O) groups excluding carboxylic acids is 1. The molecule has 0 unspecified atom stereocenters. The molecule has 1 aromatic rings. The van der Waals surface area contributed by atoms with E-state index in [9.17, 15) is 9.59 Å². The van der Waals surface area contributed by atoms with Gasteiger partial charge in [-0.2, -0.15) is 5.26 Å². The Bertz CT molecular complexity index is 470. The molecule has 3 N–H and O–H groups in total. The molecule has 0 heterocycles. The second-order valence-electron chi connectivity index (χ2n) is 3.58. The van der Waals surface area contributed by atoms with Crippen molar-refractivity contribution >= 4 is 12.1 Å². The molecule has 1 atom stereocenters. The molecule has 0 fully saturated rings. The Labute approximate surface area is 109 Å². The van der Waals surface area contributed by atoms with Crippen molar-refractivity contribution in [3.05, 3.63) is 35.9 Å². The molecular weight excluding hydrogens is 250 g/mol. The van der Waals surface area contributed by atoms with Gasteiger partial charge in [-0.05, 0) is 5.56 Å². The van der Waals surface area contributed by atoms with Crippen LogP contribution in [0, 0.1) is 11.3 Å². The van der Waals surface area contributed by atoms with E-state index in [1.54, 1.807) is 30.3 Å². The molecule has 0 aliphatic carbocycles. The lowest BCUT2D eigenvalue weighted by molar-refractivity contribution is -0.144. The third kappa shape index (κ3) is 5.52. The third-order valence-corrected chi connectivity index (χ3v) is 2.20. The molecule has 0 saturated heterocycles. The summed E-state index contributed by atoms with van der Waals surface area (Å²) in [6, 6.07) is 9.81. The normalized spacial score (nSPS) is 11.1. The van der Waals surface area contributed by atoms with Gasteiger partial charge in [0.15, 0.2) is 6.61 Å². The zero-order valence-electron chi connectivity index (χ0n) is 10.00. The first kappa shape index (κ1) is 14.5. The molecule has 0 radical (unpaired) electrons. The van der Waals surface area contributed by atoms with Crippen LogP contribution in [0.5, 0.6) is 0 Å². The first-order valence-corrected chi connectivity index (χ1v) is 5.45. The quantitative estimate of drug-likeness (QED) is 0.507. The Morgan fingerprint density at radius 3 is 2.63 bits per heavy atom. The standard InChI is InChI=1S/C12H13N3O4/c13-6-7-19-11(16)10(14-15-12(17)18)8-9-4-2-1-3-5-9/h1-5,10,14-15H,7-8H2,(H,17,18)/t10-/m0/s1. The Morgan fingerprint density at radius 1 is 1.37 bits per heavy atom. The maximum atomic E-state index is 11.7. The van der Waals surface area contributed by atoms with Crippen molar-refractivity contribution in [2.75, 3.05) is 6.61 Å². The van der Waals surface area contributed by atoms with Gasteiger partial charge in [0, 0.05) is 6.42 Å². The molecule has 1 rings (SSSR count). The summed E-state index contributed by atoms with van der Waals surface area (Å²) in [6.45, 7) is -0.376.